The average Bonchev–Trinajstić information content (AvgIpc) is 2.59. The number of hydrogen-bond donors (Lipinski definition) is 2. The van der Waals surface area contributed by atoms with Gasteiger partial charge in [-0.2, -0.15) is 0 Å². The summed E-state index contributed by atoms with van der Waals surface area (Å²) in [6, 6.07) is 7.55. The third-order valence-electron chi connectivity index (χ3n) is 4.61. The predicted molar refractivity (Wildman–Crippen MR) is 122 cm³/mol. The van der Waals surface area contributed by atoms with Crippen molar-refractivity contribution in [2.45, 2.75) is 52.7 Å². The molecule has 9 nitrogen and oxygen atoms in total. The Hall–Kier alpha value is -2.81. The van der Waals surface area contributed by atoms with E-state index >= 15 is 0 Å². The second kappa shape index (κ2) is 9.55. The second-order valence-electron chi connectivity index (χ2n) is 9.66. The molecule has 2 rings (SSSR count). The zero-order valence-electron chi connectivity index (χ0n) is 19.6. The van der Waals surface area contributed by atoms with Crippen LogP contribution in [0.25, 0.3) is 0 Å². The number of rotatable bonds is 2. The Bertz CT molecular complexity index is 818. The van der Waals surface area contributed by atoms with E-state index in [4.69, 9.17) is 4.74 Å². The standard InChI is InChI=1S/C22H35N5O4/c1-21(2,3)27(20(30)31-22(4,5)6)18(24-19(28)29)23-16-9-8-10-17(15-16)26-13-11-25(7)12-14-26/h8-10,15H,11-14H2,1-7H3,(H,23,24)(H,28,29). The molecule has 1 saturated heterocycles. The number of aliphatic imine (C=N–C) groups is 1. The molecule has 0 aromatic heterocycles. The average molecular weight is 434 g/mol. The number of benzene rings is 1. The normalized spacial score (nSPS) is 16.1. The van der Waals surface area contributed by atoms with Gasteiger partial charge in [0.15, 0.2) is 0 Å². The molecule has 1 heterocycles. The molecule has 1 aromatic carbocycles. The summed E-state index contributed by atoms with van der Waals surface area (Å²) in [5.74, 6) is -0.107. The van der Waals surface area contributed by atoms with E-state index < -0.39 is 23.3 Å². The lowest BCUT2D eigenvalue weighted by atomic mass is 10.1. The number of likely N-dealkylation sites (N-methyl/N-ethyl adjacent to an activating group) is 1. The summed E-state index contributed by atoms with van der Waals surface area (Å²) in [4.78, 5) is 34.7. The van der Waals surface area contributed by atoms with Crippen molar-refractivity contribution in [1.82, 2.24) is 15.1 Å². The molecule has 0 aliphatic carbocycles. The minimum atomic E-state index is -1.31. The van der Waals surface area contributed by atoms with E-state index in [9.17, 15) is 14.7 Å². The first-order valence-corrected chi connectivity index (χ1v) is 10.4. The van der Waals surface area contributed by atoms with Crippen molar-refractivity contribution >= 4 is 29.5 Å². The van der Waals surface area contributed by atoms with Crippen molar-refractivity contribution in [3.05, 3.63) is 24.3 Å². The molecule has 0 bridgehead atoms. The highest BCUT2D eigenvalue weighted by molar-refractivity contribution is 6.02. The van der Waals surface area contributed by atoms with Gasteiger partial charge in [-0.05, 0) is 66.8 Å². The molecule has 31 heavy (non-hydrogen) atoms. The fourth-order valence-corrected chi connectivity index (χ4v) is 3.16. The highest BCUT2D eigenvalue weighted by Crippen LogP contribution is 2.25. The van der Waals surface area contributed by atoms with Crippen LogP contribution in [0.2, 0.25) is 0 Å². The molecule has 0 radical (unpaired) electrons. The summed E-state index contributed by atoms with van der Waals surface area (Å²) in [5.41, 5.74) is 0.0242. The minimum Gasteiger partial charge on any atom is -0.465 e. The molecule has 2 N–H and O–H groups in total. The molecular weight excluding hydrogens is 398 g/mol. The number of nitrogens with one attached hydrogen (secondary N) is 1. The molecule has 172 valence electrons. The van der Waals surface area contributed by atoms with Crippen LogP contribution in [0, 0.1) is 0 Å². The molecule has 1 aliphatic rings. The molecule has 1 fully saturated rings. The zero-order valence-corrected chi connectivity index (χ0v) is 19.6. The maximum Gasteiger partial charge on any atom is 0.417 e. The molecule has 9 heteroatoms. The van der Waals surface area contributed by atoms with Gasteiger partial charge in [-0.25, -0.2) is 19.5 Å². The van der Waals surface area contributed by atoms with Gasteiger partial charge in [0.2, 0.25) is 5.96 Å². The first-order valence-electron chi connectivity index (χ1n) is 10.4. The van der Waals surface area contributed by atoms with Crippen molar-refractivity contribution in [3.63, 3.8) is 0 Å². The fourth-order valence-electron chi connectivity index (χ4n) is 3.16. The summed E-state index contributed by atoms with van der Waals surface area (Å²) >= 11 is 0. The van der Waals surface area contributed by atoms with Crippen molar-refractivity contribution in [2.24, 2.45) is 4.99 Å². The third-order valence-corrected chi connectivity index (χ3v) is 4.61. The first-order chi connectivity index (χ1) is 14.3. The number of anilines is 1. The number of ether oxygens (including phenoxy) is 1. The first kappa shape index (κ1) is 24.5. The summed E-state index contributed by atoms with van der Waals surface area (Å²) < 4.78 is 5.52. The third kappa shape index (κ3) is 7.43. The van der Waals surface area contributed by atoms with E-state index in [1.54, 1.807) is 47.6 Å². The van der Waals surface area contributed by atoms with Gasteiger partial charge in [0.1, 0.15) is 5.60 Å². The predicted octanol–water partition coefficient (Wildman–Crippen LogP) is 3.73. The smallest absolute Gasteiger partial charge is 0.417 e. The van der Waals surface area contributed by atoms with Crippen LogP contribution in [0.1, 0.15) is 41.5 Å². The van der Waals surface area contributed by atoms with Crippen LogP contribution in [-0.4, -0.2) is 77.4 Å². The number of piperazine rings is 1. The lowest BCUT2D eigenvalue weighted by Gasteiger charge is -2.36. The highest BCUT2D eigenvalue weighted by atomic mass is 16.6. The Kier molecular flexibility index (Phi) is 7.54. The topological polar surface area (TPSA) is 97.7 Å². The lowest BCUT2D eigenvalue weighted by molar-refractivity contribution is 0.0243. The van der Waals surface area contributed by atoms with E-state index in [1.165, 1.54) is 4.90 Å². The number of guanidine groups is 1. The van der Waals surface area contributed by atoms with Gasteiger partial charge >= 0.3 is 12.2 Å². The maximum atomic E-state index is 12.9. The van der Waals surface area contributed by atoms with Crippen molar-refractivity contribution in [3.8, 4) is 0 Å². The van der Waals surface area contributed by atoms with Gasteiger partial charge in [-0.1, -0.05) is 6.07 Å². The van der Waals surface area contributed by atoms with E-state index in [1.807, 2.05) is 18.2 Å². The maximum absolute atomic E-state index is 12.9. The SMILES string of the molecule is CN1CCN(c2cccc(N=C(NC(=O)O)N(C(=O)OC(C)(C)C)C(C)(C)C)c2)CC1. The van der Waals surface area contributed by atoms with Gasteiger partial charge in [-0.15, -0.1) is 0 Å². The van der Waals surface area contributed by atoms with Gasteiger partial charge < -0.3 is 19.6 Å². The minimum absolute atomic E-state index is 0.107. The van der Waals surface area contributed by atoms with E-state index in [2.05, 4.69) is 27.2 Å². The van der Waals surface area contributed by atoms with Gasteiger partial charge in [0.05, 0.1) is 5.69 Å². The second-order valence-corrected chi connectivity index (χ2v) is 9.66. The largest absolute Gasteiger partial charge is 0.465 e. The molecule has 0 unspecified atom stereocenters. The quantitative estimate of drug-likeness (QED) is 0.545. The molecule has 1 aromatic rings. The monoisotopic (exact) mass is 433 g/mol. The van der Waals surface area contributed by atoms with Gasteiger partial charge in [0.25, 0.3) is 0 Å². The molecule has 0 atom stereocenters. The van der Waals surface area contributed by atoms with Crippen LogP contribution in [0.15, 0.2) is 29.3 Å². The Morgan fingerprint density at radius 1 is 1.10 bits per heavy atom. The molecular formula is C22H35N5O4. The molecule has 2 amide bonds. The summed E-state index contributed by atoms with van der Waals surface area (Å²) in [6.07, 6.45) is -1.99. The number of carboxylic acid groups (broad SMARTS) is 1. The number of carbonyl (C=O) groups excluding carboxylic acids is 1. The Labute approximate surface area is 184 Å². The van der Waals surface area contributed by atoms with E-state index in [-0.39, 0.29) is 5.96 Å². The summed E-state index contributed by atoms with van der Waals surface area (Å²) in [7, 11) is 2.10. The Morgan fingerprint density at radius 3 is 2.23 bits per heavy atom. The fraction of sp³-hybridized carbons (Fsp3) is 0.591. The van der Waals surface area contributed by atoms with Crippen LogP contribution in [-0.2, 0) is 4.74 Å². The van der Waals surface area contributed by atoms with E-state index in [0.717, 1.165) is 31.9 Å². The van der Waals surface area contributed by atoms with Crippen LogP contribution < -0.4 is 10.2 Å². The number of nitrogens with zero attached hydrogens (tertiary/aromatic N) is 4. The van der Waals surface area contributed by atoms with Crippen molar-refractivity contribution < 1.29 is 19.4 Å². The molecule has 1 aliphatic heterocycles. The van der Waals surface area contributed by atoms with Gasteiger partial charge in [-0.3, -0.25) is 5.32 Å². The summed E-state index contributed by atoms with van der Waals surface area (Å²) in [5, 5.41) is 11.7. The van der Waals surface area contributed by atoms with Crippen molar-refractivity contribution in [1.29, 1.82) is 0 Å². The Morgan fingerprint density at radius 2 is 1.71 bits per heavy atom. The highest BCUT2D eigenvalue weighted by Gasteiger charge is 2.35. The molecule has 0 saturated carbocycles. The van der Waals surface area contributed by atoms with Crippen LogP contribution in [0.5, 0.6) is 0 Å². The number of amides is 2. The van der Waals surface area contributed by atoms with E-state index in [0.29, 0.717) is 5.69 Å². The summed E-state index contributed by atoms with van der Waals surface area (Å²) in [6.45, 7) is 14.4. The Balaban J connectivity index is 2.42. The lowest BCUT2D eigenvalue weighted by Crippen LogP contribution is -2.56. The number of hydrogen-bond acceptors (Lipinski definition) is 6. The van der Waals surface area contributed by atoms with Gasteiger partial charge in [0, 0.05) is 37.4 Å². The zero-order chi connectivity index (χ0) is 23.4. The van der Waals surface area contributed by atoms with Crippen LogP contribution in [0.4, 0.5) is 21.0 Å². The molecule has 0 spiro atoms. The van der Waals surface area contributed by atoms with Crippen molar-refractivity contribution in [2.75, 3.05) is 38.1 Å². The van der Waals surface area contributed by atoms with Crippen LogP contribution in [0.3, 0.4) is 0 Å². The number of carbonyl (C=O) groups is 2. The van der Waals surface area contributed by atoms with Crippen LogP contribution >= 0.6 is 0 Å².